The highest BCUT2D eigenvalue weighted by Gasteiger charge is 2.00. The number of aromatic amines is 1. The van der Waals surface area contributed by atoms with E-state index in [2.05, 4.69) is 24.0 Å². The maximum Gasteiger partial charge on any atom is 0.267 e. The predicted octanol–water partition coefficient (Wildman–Crippen LogP) is 0.968. The first-order chi connectivity index (χ1) is 5.20. The van der Waals surface area contributed by atoms with Crippen molar-refractivity contribution in [2.24, 2.45) is 5.92 Å². The summed E-state index contributed by atoms with van der Waals surface area (Å²) in [7, 11) is 0. The number of hydrogen-bond acceptors (Lipinski definition) is 2. The SMILES string of the molecule is CC(C)Cc1ccn[nH]c1=O. The Bertz CT molecular complexity index is 277. The third kappa shape index (κ3) is 2.18. The molecule has 0 saturated carbocycles. The highest BCUT2D eigenvalue weighted by Crippen LogP contribution is 2.00. The molecule has 0 unspecified atom stereocenters. The van der Waals surface area contributed by atoms with Crippen LogP contribution in [0.4, 0.5) is 0 Å². The van der Waals surface area contributed by atoms with Crippen LogP contribution in [0, 0.1) is 5.92 Å². The van der Waals surface area contributed by atoms with Crippen molar-refractivity contribution in [3.8, 4) is 0 Å². The van der Waals surface area contributed by atoms with E-state index in [-0.39, 0.29) is 5.56 Å². The van der Waals surface area contributed by atoms with Crippen molar-refractivity contribution in [1.82, 2.24) is 10.2 Å². The third-order valence-electron chi connectivity index (χ3n) is 1.44. The second-order valence-electron chi connectivity index (χ2n) is 3.01. The van der Waals surface area contributed by atoms with Gasteiger partial charge in [0, 0.05) is 11.8 Å². The van der Waals surface area contributed by atoms with Crippen LogP contribution in [0.15, 0.2) is 17.1 Å². The van der Waals surface area contributed by atoms with Gasteiger partial charge in [0.15, 0.2) is 0 Å². The molecule has 0 saturated heterocycles. The van der Waals surface area contributed by atoms with E-state index < -0.39 is 0 Å². The fourth-order valence-corrected chi connectivity index (χ4v) is 0.971. The number of H-pyrrole nitrogens is 1. The van der Waals surface area contributed by atoms with Crippen LogP contribution >= 0.6 is 0 Å². The van der Waals surface area contributed by atoms with Crippen LogP contribution in [0.2, 0.25) is 0 Å². The van der Waals surface area contributed by atoms with Crippen LogP contribution in [0.5, 0.6) is 0 Å². The van der Waals surface area contributed by atoms with Crippen molar-refractivity contribution >= 4 is 0 Å². The van der Waals surface area contributed by atoms with E-state index in [0.29, 0.717) is 5.92 Å². The second kappa shape index (κ2) is 3.32. The highest BCUT2D eigenvalue weighted by atomic mass is 16.1. The summed E-state index contributed by atoms with van der Waals surface area (Å²) in [4.78, 5) is 11.0. The summed E-state index contributed by atoms with van der Waals surface area (Å²) in [6.45, 7) is 4.17. The summed E-state index contributed by atoms with van der Waals surface area (Å²) in [5, 5.41) is 6.01. The summed E-state index contributed by atoms with van der Waals surface area (Å²) >= 11 is 0. The van der Waals surface area contributed by atoms with E-state index in [1.807, 2.05) is 0 Å². The Balaban J connectivity index is 2.87. The van der Waals surface area contributed by atoms with Crippen LogP contribution in [-0.2, 0) is 6.42 Å². The second-order valence-corrected chi connectivity index (χ2v) is 3.01. The fourth-order valence-electron chi connectivity index (χ4n) is 0.971. The molecule has 3 heteroatoms. The summed E-state index contributed by atoms with van der Waals surface area (Å²) < 4.78 is 0. The molecule has 1 N–H and O–H groups in total. The van der Waals surface area contributed by atoms with Gasteiger partial charge in [-0.25, -0.2) is 5.10 Å². The van der Waals surface area contributed by atoms with Crippen LogP contribution in [0.25, 0.3) is 0 Å². The molecule has 0 aliphatic heterocycles. The van der Waals surface area contributed by atoms with E-state index in [4.69, 9.17) is 0 Å². The molecule has 1 aromatic rings. The summed E-state index contributed by atoms with van der Waals surface area (Å²) in [6.07, 6.45) is 2.43. The number of nitrogens with zero attached hydrogens (tertiary/aromatic N) is 1. The molecule has 11 heavy (non-hydrogen) atoms. The average Bonchev–Trinajstić information content (AvgIpc) is 1.93. The van der Waals surface area contributed by atoms with Gasteiger partial charge in [0.2, 0.25) is 0 Å². The lowest BCUT2D eigenvalue weighted by Gasteiger charge is -2.01. The topological polar surface area (TPSA) is 45.8 Å². The largest absolute Gasteiger partial charge is 0.268 e. The number of hydrogen-bond donors (Lipinski definition) is 1. The van der Waals surface area contributed by atoms with E-state index in [9.17, 15) is 4.79 Å². The molecule has 0 aliphatic rings. The highest BCUT2D eigenvalue weighted by molar-refractivity contribution is 5.06. The van der Waals surface area contributed by atoms with E-state index in [0.717, 1.165) is 12.0 Å². The molecule has 0 radical (unpaired) electrons. The van der Waals surface area contributed by atoms with E-state index >= 15 is 0 Å². The Morgan fingerprint density at radius 1 is 1.64 bits per heavy atom. The van der Waals surface area contributed by atoms with Crippen LogP contribution in [0.1, 0.15) is 19.4 Å². The molecule has 1 heterocycles. The zero-order chi connectivity index (χ0) is 8.27. The molecule has 60 valence electrons. The third-order valence-corrected chi connectivity index (χ3v) is 1.44. The smallest absolute Gasteiger partial charge is 0.267 e. The first kappa shape index (κ1) is 7.98. The van der Waals surface area contributed by atoms with Crippen molar-refractivity contribution in [3.05, 3.63) is 28.2 Å². The standard InChI is InChI=1S/C8H12N2O/c1-6(2)5-7-3-4-9-10-8(7)11/h3-4,6H,5H2,1-2H3,(H,10,11). The van der Waals surface area contributed by atoms with Gasteiger partial charge in [-0.3, -0.25) is 4.79 Å². The Morgan fingerprint density at radius 2 is 2.36 bits per heavy atom. The first-order valence-electron chi connectivity index (χ1n) is 3.72. The molecule has 0 atom stereocenters. The lowest BCUT2D eigenvalue weighted by Crippen LogP contribution is -2.14. The Kier molecular flexibility index (Phi) is 2.41. The molecule has 0 aliphatic carbocycles. The lowest BCUT2D eigenvalue weighted by atomic mass is 10.1. The van der Waals surface area contributed by atoms with Crippen molar-refractivity contribution in [2.45, 2.75) is 20.3 Å². The molecule has 0 bridgehead atoms. The van der Waals surface area contributed by atoms with Crippen molar-refractivity contribution < 1.29 is 0 Å². The predicted molar refractivity (Wildman–Crippen MR) is 43.4 cm³/mol. The molecule has 1 rings (SSSR count). The fraction of sp³-hybridized carbons (Fsp3) is 0.500. The van der Waals surface area contributed by atoms with Gasteiger partial charge < -0.3 is 0 Å². The monoisotopic (exact) mass is 152 g/mol. The van der Waals surface area contributed by atoms with Gasteiger partial charge >= 0.3 is 0 Å². The molecule has 0 spiro atoms. The van der Waals surface area contributed by atoms with Crippen LogP contribution in [0.3, 0.4) is 0 Å². The van der Waals surface area contributed by atoms with Gasteiger partial charge in [-0.15, -0.1) is 0 Å². The minimum atomic E-state index is -0.0683. The normalized spacial score (nSPS) is 10.5. The molecular formula is C8H12N2O. The zero-order valence-electron chi connectivity index (χ0n) is 6.79. The van der Waals surface area contributed by atoms with Gasteiger partial charge in [-0.1, -0.05) is 13.8 Å². The van der Waals surface area contributed by atoms with Crippen LogP contribution in [-0.4, -0.2) is 10.2 Å². The first-order valence-corrected chi connectivity index (χ1v) is 3.72. The van der Waals surface area contributed by atoms with E-state index in [1.165, 1.54) is 0 Å². The average molecular weight is 152 g/mol. The van der Waals surface area contributed by atoms with E-state index in [1.54, 1.807) is 12.3 Å². The summed E-state index contributed by atoms with van der Waals surface area (Å²) in [5.74, 6) is 0.512. The van der Waals surface area contributed by atoms with Crippen molar-refractivity contribution in [3.63, 3.8) is 0 Å². The Labute approximate surface area is 65.5 Å². The number of nitrogens with one attached hydrogen (secondary N) is 1. The molecule has 1 aromatic heterocycles. The minimum absolute atomic E-state index is 0.0683. The molecular weight excluding hydrogens is 140 g/mol. The lowest BCUT2D eigenvalue weighted by molar-refractivity contribution is 0.639. The molecule has 0 aromatic carbocycles. The van der Waals surface area contributed by atoms with Gasteiger partial charge in [-0.2, -0.15) is 5.10 Å². The number of rotatable bonds is 2. The maximum absolute atomic E-state index is 11.0. The minimum Gasteiger partial charge on any atom is -0.268 e. The summed E-state index contributed by atoms with van der Waals surface area (Å²) in [6, 6.07) is 1.76. The van der Waals surface area contributed by atoms with Crippen LogP contribution < -0.4 is 5.56 Å². The van der Waals surface area contributed by atoms with Gasteiger partial charge in [0.05, 0.1) is 0 Å². The Hall–Kier alpha value is -1.12. The van der Waals surface area contributed by atoms with Gasteiger partial charge in [0.25, 0.3) is 5.56 Å². The van der Waals surface area contributed by atoms with Gasteiger partial charge in [-0.05, 0) is 18.4 Å². The Morgan fingerprint density at radius 3 is 2.91 bits per heavy atom. The zero-order valence-corrected chi connectivity index (χ0v) is 6.79. The quantitative estimate of drug-likeness (QED) is 0.686. The molecule has 0 amide bonds. The number of aromatic nitrogens is 2. The maximum atomic E-state index is 11.0. The van der Waals surface area contributed by atoms with Crippen molar-refractivity contribution in [1.29, 1.82) is 0 Å². The van der Waals surface area contributed by atoms with Crippen molar-refractivity contribution in [2.75, 3.05) is 0 Å². The van der Waals surface area contributed by atoms with Gasteiger partial charge in [0.1, 0.15) is 0 Å². The molecule has 3 nitrogen and oxygen atoms in total. The molecule has 0 fully saturated rings. The summed E-state index contributed by atoms with van der Waals surface area (Å²) in [5.41, 5.74) is 0.746.